The summed E-state index contributed by atoms with van der Waals surface area (Å²) in [6.45, 7) is 2.11. The van der Waals surface area contributed by atoms with Crippen molar-refractivity contribution in [3.8, 4) is 0 Å². The van der Waals surface area contributed by atoms with Crippen LogP contribution in [0.3, 0.4) is 0 Å². The van der Waals surface area contributed by atoms with Crippen molar-refractivity contribution < 1.29 is 23.7 Å². The molecule has 2 aromatic carbocycles. The van der Waals surface area contributed by atoms with E-state index in [0.717, 1.165) is 17.5 Å². The van der Waals surface area contributed by atoms with Crippen LogP contribution in [-0.2, 0) is 36.9 Å². The monoisotopic (exact) mass is 370 g/mol. The molecule has 0 radical (unpaired) electrons. The molecule has 2 fully saturated rings. The van der Waals surface area contributed by atoms with Crippen molar-refractivity contribution in [1.82, 2.24) is 0 Å². The van der Waals surface area contributed by atoms with Crippen molar-refractivity contribution in [2.24, 2.45) is 0 Å². The number of fused-ring (bicyclic) bond motifs is 2. The summed E-state index contributed by atoms with van der Waals surface area (Å²) < 4.78 is 30.0. The maximum Gasteiger partial charge on any atom is 0.186 e. The summed E-state index contributed by atoms with van der Waals surface area (Å²) in [5, 5.41) is 0. The number of methoxy groups -OCH3 is 1. The van der Waals surface area contributed by atoms with Crippen LogP contribution in [0.15, 0.2) is 60.7 Å². The molecule has 2 bridgehead atoms. The average molecular weight is 370 g/mol. The van der Waals surface area contributed by atoms with Crippen molar-refractivity contribution in [2.45, 2.75) is 43.7 Å². The topological polar surface area (TPSA) is 46.2 Å². The van der Waals surface area contributed by atoms with E-state index in [9.17, 15) is 0 Å². The molecule has 144 valence electrons. The van der Waals surface area contributed by atoms with Crippen molar-refractivity contribution in [3.05, 3.63) is 71.8 Å². The molecule has 2 heterocycles. The van der Waals surface area contributed by atoms with Crippen molar-refractivity contribution in [3.63, 3.8) is 0 Å². The summed E-state index contributed by atoms with van der Waals surface area (Å²) in [6, 6.07) is 20.3. The third kappa shape index (κ3) is 4.08. The number of ether oxygens (including phenoxy) is 5. The second-order valence-electron chi connectivity index (χ2n) is 7.07. The highest BCUT2D eigenvalue weighted by molar-refractivity contribution is 5.15. The van der Waals surface area contributed by atoms with Gasteiger partial charge in [0.05, 0.1) is 26.4 Å². The summed E-state index contributed by atoms with van der Waals surface area (Å²) >= 11 is 0. The molecule has 2 saturated heterocycles. The molecule has 0 saturated carbocycles. The lowest BCUT2D eigenvalue weighted by molar-refractivity contribution is -0.193. The highest BCUT2D eigenvalue weighted by atomic mass is 16.7. The standard InChI is InChI=1S/C22H26O5/c1-23-21-19-20(26-15-18-10-6-3-7-11-18)22(27-21,12-13-25-19)16-24-14-17-8-4-2-5-9-17/h2-11,19-21H,12-16H2,1H3/t19-,20+,21-,22-/m1/s1. The van der Waals surface area contributed by atoms with E-state index in [1.165, 1.54) is 0 Å². The molecule has 4 atom stereocenters. The van der Waals surface area contributed by atoms with Crippen LogP contribution in [0.25, 0.3) is 0 Å². The summed E-state index contributed by atoms with van der Waals surface area (Å²) in [5.41, 5.74) is 1.71. The summed E-state index contributed by atoms with van der Waals surface area (Å²) in [7, 11) is 1.64. The molecule has 5 heteroatoms. The molecule has 2 aromatic rings. The molecule has 2 aliphatic rings. The molecule has 0 spiro atoms. The largest absolute Gasteiger partial charge is 0.374 e. The van der Waals surface area contributed by atoms with Gasteiger partial charge in [0.15, 0.2) is 6.29 Å². The van der Waals surface area contributed by atoms with Crippen molar-refractivity contribution in [2.75, 3.05) is 20.3 Å². The second-order valence-corrected chi connectivity index (χ2v) is 7.07. The summed E-state index contributed by atoms with van der Waals surface area (Å²) in [4.78, 5) is 0. The number of hydrogen-bond acceptors (Lipinski definition) is 5. The first-order valence-electron chi connectivity index (χ1n) is 9.40. The Hall–Kier alpha value is -1.76. The van der Waals surface area contributed by atoms with E-state index in [0.29, 0.717) is 26.4 Å². The Morgan fingerprint density at radius 3 is 2.30 bits per heavy atom. The van der Waals surface area contributed by atoms with E-state index in [2.05, 4.69) is 24.3 Å². The molecule has 4 rings (SSSR count). The lowest BCUT2D eigenvalue weighted by Gasteiger charge is -2.38. The van der Waals surface area contributed by atoms with Gasteiger partial charge in [0.1, 0.15) is 17.8 Å². The molecule has 0 amide bonds. The van der Waals surface area contributed by atoms with Crippen LogP contribution in [0.2, 0.25) is 0 Å². The fraction of sp³-hybridized carbons (Fsp3) is 0.455. The zero-order valence-electron chi connectivity index (χ0n) is 15.6. The minimum Gasteiger partial charge on any atom is -0.374 e. The third-order valence-corrected chi connectivity index (χ3v) is 5.23. The van der Waals surface area contributed by atoms with Crippen molar-refractivity contribution in [1.29, 1.82) is 0 Å². The number of hydrogen-bond donors (Lipinski definition) is 0. The predicted octanol–water partition coefficient (Wildman–Crippen LogP) is 3.32. The number of rotatable bonds is 8. The Balaban J connectivity index is 1.44. The van der Waals surface area contributed by atoms with Crippen LogP contribution < -0.4 is 0 Å². The van der Waals surface area contributed by atoms with Crippen LogP contribution >= 0.6 is 0 Å². The normalized spacial score (nSPS) is 29.7. The van der Waals surface area contributed by atoms with Gasteiger partial charge in [0, 0.05) is 13.5 Å². The van der Waals surface area contributed by atoms with E-state index in [1.807, 2.05) is 36.4 Å². The molecule has 0 aromatic heterocycles. The van der Waals surface area contributed by atoms with Gasteiger partial charge in [0.2, 0.25) is 0 Å². The van der Waals surface area contributed by atoms with E-state index in [4.69, 9.17) is 23.7 Å². The zero-order valence-corrected chi connectivity index (χ0v) is 15.6. The van der Waals surface area contributed by atoms with Gasteiger partial charge in [-0.1, -0.05) is 60.7 Å². The van der Waals surface area contributed by atoms with Gasteiger partial charge >= 0.3 is 0 Å². The first-order valence-corrected chi connectivity index (χ1v) is 9.40. The minimum absolute atomic E-state index is 0.229. The Morgan fingerprint density at radius 2 is 1.63 bits per heavy atom. The van der Waals surface area contributed by atoms with Crippen LogP contribution in [0.5, 0.6) is 0 Å². The van der Waals surface area contributed by atoms with Crippen LogP contribution in [0.1, 0.15) is 17.5 Å². The predicted molar refractivity (Wildman–Crippen MR) is 100 cm³/mol. The van der Waals surface area contributed by atoms with E-state index >= 15 is 0 Å². The maximum absolute atomic E-state index is 6.28. The van der Waals surface area contributed by atoms with Gasteiger partial charge < -0.3 is 23.7 Å². The van der Waals surface area contributed by atoms with Gasteiger partial charge in [-0.2, -0.15) is 0 Å². The van der Waals surface area contributed by atoms with Gasteiger partial charge in [-0.05, 0) is 11.1 Å². The first kappa shape index (κ1) is 18.6. The highest BCUT2D eigenvalue weighted by Gasteiger charge is 2.59. The highest BCUT2D eigenvalue weighted by Crippen LogP contribution is 2.42. The fourth-order valence-electron chi connectivity index (χ4n) is 3.84. The molecular weight excluding hydrogens is 344 g/mol. The Morgan fingerprint density at radius 1 is 0.963 bits per heavy atom. The molecule has 2 aliphatic heterocycles. The second kappa shape index (κ2) is 8.50. The van der Waals surface area contributed by atoms with Gasteiger partial charge in [-0.15, -0.1) is 0 Å². The van der Waals surface area contributed by atoms with Crippen LogP contribution in [0.4, 0.5) is 0 Å². The molecule has 0 N–H and O–H groups in total. The molecular formula is C22H26O5. The SMILES string of the molecule is CO[C@@H]1O[C@@]2(COCc3ccccc3)CCO[C@@H]1[C@@H]2OCc1ccccc1. The first-order chi connectivity index (χ1) is 13.3. The Kier molecular flexibility index (Phi) is 5.86. The number of benzene rings is 2. The van der Waals surface area contributed by atoms with E-state index in [-0.39, 0.29) is 12.2 Å². The van der Waals surface area contributed by atoms with E-state index < -0.39 is 11.9 Å². The van der Waals surface area contributed by atoms with Gasteiger partial charge in [0.25, 0.3) is 0 Å². The van der Waals surface area contributed by atoms with Crippen LogP contribution in [0, 0.1) is 0 Å². The minimum atomic E-state index is -0.548. The summed E-state index contributed by atoms with van der Waals surface area (Å²) in [5.74, 6) is 0. The van der Waals surface area contributed by atoms with Crippen molar-refractivity contribution >= 4 is 0 Å². The van der Waals surface area contributed by atoms with Crippen LogP contribution in [-0.4, -0.2) is 44.4 Å². The third-order valence-electron chi connectivity index (χ3n) is 5.23. The summed E-state index contributed by atoms with van der Waals surface area (Å²) in [6.07, 6.45) is -0.189. The smallest absolute Gasteiger partial charge is 0.186 e. The average Bonchev–Trinajstić information content (AvgIpc) is 2.88. The maximum atomic E-state index is 6.28. The fourth-order valence-corrected chi connectivity index (χ4v) is 3.84. The Bertz CT molecular complexity index is 707. The molecule has 0 unspecified atom stereocenters. The van der Waals surface area contributed by atoms with E-state index in [1.54, 1.807) is 7.11 Å². The molecule has 27 heavy (non-hydrogen) atoms. The lowest BCUT2D eigenvalue weighted by Crippen LogP contribution is -2.53. The quantitative estimate of drug-likeness (QED) is 0.713. The Labute approximate surface area is 160 Å². The molecule has 0 aliphatic carbocycles. The zero-order chi connectivity index (χ0) is 18.5. The van der Waals surface area contributed by atoms with Gasteiger partial charge in [-0.3, -0.25) is 0 Å². The lowest BCUT2D eigenvalue weighted by atomic mass is 9.90. The molecule has 5 nitrogen and oxygen atoms in total. The van der Waals surface area contributed by atoms with Gasteiger partial charge in [-0.25, -0.2) is 0 Å².